The van der Waals surface area contributed by atoms with E-state index in [-0.39, 0.29) is 5.56 Å². The monoisotopic (exact) mass is 268 g/mol. The van der Waals surface area contributed by atoms with Gasteiger partial charge in [-0.1, -0.05) is 23.7 Å². The maximum Gasteiger partial charge on any atom is 0.128 e. The van der Waals surface area contributed by atoms with Gasteiger partial charge in [-0.3, -0.25) is 5.84 Å². The molecule has 0 aromatic heterocycles. The number of nitrogens with one attached hydrogen (secondary N) is 1. The van der Waals surface area contributed by atoms with E-state index >= 15 is 0 Å². The van der Waals surface area contributed by atoms with Crippen molar-refractivity contribution in [3.05, 3.63) is 70.2 Å². The molecule has 0 saturated heterocycles. The summed E-state index contributed by atoms with van der Waals surface area (Å²) in [5, 5.41) is 0.504. The van der Waals surface area contributed by atoms with Crippen LogP contribution in [-0.2, 0) is 0 Å². The molecular formula is C13H11ClF2N2. The minimum absolute atomic E-state index is 0.139. The van der Waals surface area contributed by atoms with E-state index < -0.39 is 17.7 Å². The second kappa shape index (κ2) is 5.44. The predicted molar refractivity (Wildman–Crippen MR) is 67.0 cm³/mol. The van der Waals surface area contributed by atoms with E-state index in [0.29, 0.717) is 10.6 Å². The van der Waals surface area contributed by atoms with E-state index in [4.69, 9.17) is 17.4 Å². The number of hydrogen-bond acceptors (Lipinski definition) is 2. The predicted octanol–water partition coefficient (Wildman–Crippen LogP) is 3.17. The van der Waals surface area contributed by atoms with Gasteiger partial charge in [0, 0.05) is 10.6 Å². The molecule has 0 aliphatic rings. The van der Waals surface area contributed by atoms with Crippen LogP contribution in [0.3, 0.4) is 0 Å². The molecule has 0 aliphatic carbocycles. The van der Waals surface area contributed by atoms with Gasteiger partial charge < -0.3 is 0 Å². The van der Waals surface area contributed by atoms with E-state index in [1.807, 2.05) is 0 Å². The molecule has 0 spiro atoms. The first-order chi connectivity index (χ1) is 8.61. The minimum atomic E-state index is -0.653. The Balaban J connectivity index is 2.48. The summed E-state index contributed by atoms with van der Waals surface area (Å²) in [5.41, 5.74) is 3.26. The molecule has 0 saturated carbocycles. The molecular weight excluding hydrogens is 258 g/mol. The summed E-state index contributed by atoms with van der Waals surface area (Å²) in [5.74, 6) is 4.38. The number of hydrogen-bond donors (Lipinski definition) is 2. The van der Waals surface area contributed by atoms with Crippen molar-refractivity contribution in [3.8, 4) is 0 Å². The SMILES string of the molecule is NNC(c1cccc(Cl)c1)c1cc(F)ccc1F. The Labute approximate surface area is 108 Å². The smallest absolute Gasteiger partial charge is 0.128 e. The molecule has 94 valence electrons. The zero-order chi connectivity index (χ0) is 13.1. The second-order valence-electron chi connectivity index (χ2n) is 3.82. The first-order valence-electron chi connectivity index (χ1n) is 5.28. The minimum Gasteiger partial charge on any atom is -0.271 e. The van der Waals surface area contributed by atoms with Crippen molar-refractivity contribution in [3.63, 3.8) is 0 Å². The van der Waals surface area contributed by atoms with Crippen LogP contribution in [0.2, 0.25) is 5.02 Å². The Morgan fingerprint density at radius 2 is 1.89 bits per heavy atom. The van der Waals surface area contributed by atoms with Gasteiger partial charge in [0.1, 0.15) is 11.6 Å². The summed E-state index contributed by atoms with van der Waals surface area (Å²) in [6.45, 7) is 0. The second-order valence-corrected chi connectivity index (χ2v) is 4.26. The normalized spacial score (nSPS) is 12.4. The lowest BCUT2D eigenvalue weighted by Crippen LogP contribution is -2.29. The number of benzene rings is 2. The molecule has 2 nitrogen and oxygen atoms in total. The number of nitrogens with two attached hydrogens (primary N) is 1. The number of hydrazine groups is 1. The summed E-state index contributed by atoms with van der Waals surface area (Å²) < 4.78 is 26.9. The van der Waals surface area contributed by atoms with Gasteiger partial charge in [-0.05, 0) is 35.9 Å². The van der Waals surface area contributed by atoms with Gasteiger partial charge >= 0.3 is 0 Å². The molecule has 3 N–H and O–H groups in total. The van der Waals surface area contributed by atoms with Crippen molar-refractivity contribution >= 4 is 11.6 Å². The average molecular weight is 269 g/mol. The van der Waals surface area contributed by atoms with E-state index in [2.05, 4.69) is 5.43 Å². The Hall–Kier alpha value is -1.49. The molecule has 18 heavy (non-hydrogen) atoms. The van der Waals surface area contributed by atoms with E-state index in [0.717, 1.165) is 18.2 Å². The Bertz CT molecular complexity index is 560. The molecule has 2 aromatic rings. The van der Waals surface area contributed by atoms with Crippen LogP contribution in [0.5, 0.6) is 0 Å². The Kier molecular flexibility index (Phi) is 3.91. The highest BCUT2D eigenvalue weighted by molar-refractivity contribution is 6.30. The van der Waals surface area contributed by atoms with Crippen LogP contribution in [0.25, 0.3) is 0 Å². The van der Waals surface area contributed by atoms with Crippen LogP contribution < -0.4 is 11.3 Å². The fourth-order valence-electron chi connectivity index (χ4n) is 1.79. The van der Waals surface area contributed by atoms with Crippen molar-refractivity contribution < 1.29 is 8.78 Å². The summed E-state index contributed by atoms with van der Waals surface area (Å²) in [6, 6.07) is 9.39. The highest BCUT2D eigenvalue weighted by atomic mass is 35.5. The fourth-order valence-corrected chi connectivity index (χ4v) is 1.99. The van der Waals surface area contributed by atoms with Crippen molar-refractivity contribution in [2.24, 2.45) is 5.84 Å². The van der Waals surface area contributed by atoms with Gasteiger partial charge in [0.2, 0.25) is 0 Å². The first-order valence-corrected chi connectivity index (χ1v) is 5.66. The fraction of sp³-hybridized carbons (Fsp3) is 0.0769. The summed E-state index contributed by atoms with van der Waals surface area (Å²) in [7, 11) is 0. The lowest BCUT2D eigenvalue weighted by molar-refractivity contribution is 0.545. The highest BCUT2D eigenvalue weighted by Crippen LogP contribution is 2.26. The average Bonchev–Trinajstić information content (AvgIpc) is 2.35. The van der Waals surface area contributed by atoms with Gasteiger partial charge in [-0.25, -0.2) is 14.2 Å². The van der Waals surface area contributed by atoms with Crippen LogP contribution in [-0.4, -0.2) is 0 Å². The Morgan fingerprint density at radius 1 is 1.11 bits per heavy atom. The van der Waals surface area contributed by atoms with E-state index in [9.17, 15) is 8.78 Å². The first kappa shape index (κ1) is 13.0. The summed E-state index contributed by atoms with van der Waals surface area (Å²) in [6.07, 6.45) is 0. The van der Waals surface area contributed by atoms with Crippen LogP contribution in [0.15, 0.2) is 42.5 Å². The van der Waals surface area contributed by atoms with Gasteiger partial charge in [0.15, 0.2) is 0 Å². The largest absolute Gasteiger partial charge is 0.271 e. The maximum atomic E-state index is 13.7. The molecule has 0 aliphatic heterocycles. The summed E-state index contributed by atoms with van der Waals surface area (Å²) >= 11 is 5.87. The van der Waals surface area contributed by atoms with Crippen molar-refractivity contribution in [1.82, 2.24) is 5.43 Å². The molecule has 5 heteroatoms. The molecule has 0 heterocycles. The molecule has 1 atom stereocenters. The Morgan fingerprint density at radius 3 is 2.56 bits per heavy atom. The van der Waals surface area contributed by atoms with Crippen molar-refractivity contribution in [2.45, 2.75) is 6.04 Å². The van der Waals surface area contributed by atoms with E-state index in [1.54, 1.807) is 24.3 Å². The van der Waals surface area contributed by atoms with Crippen LogP contribution in [0.1, 0.15) is 17.2 Å². The quantitative estimate of drug-likeness (QED) is 0.663. The zero-order valence-electron chi connectivity index (χ0n) is 9.33. The number of rotatable bonds is 3. The zero-order valence-corrected chi connectivity index (χ0v) is 10.1. The summed E-state index contributed by atoms with van der Waals surface area (Å²) in [4.78, 5) is 0. The van der Waals surface area contributed by atoms with Gasteiger partial charge in [-0.15, -0.1) is 0 Å². The molecule has 0 bridgehead atoms. The lowest BCUT2D eigenvalue weighted by Gasteiger charge is -2.17. The molecule has 1 unspecified atom stereocenters. The van der Waals surface area contributed by atoms with Crippen LogP contribution in [0.4, 0.5) is 8.78 Å². The van der Waals surface area contributed by atoms with Gasteiger partial charge in [0.25, 0.3) is 0 Å². The maximum absolute atomic E-state index is 13.7. The third kappa shape index (κ3) is 2.67. The van der Waals surface area contributed by atoms with Gasteiger partial charge in [-0.2, -0.15) is 0 Å². The lowest BCUT2D eigenvalue weighted by atomic mass is 9.99. The third-order valence-corrected chi connectivity index (χ3v) is 2.85. The third-order valence-electron chi connectivity index (χ3n) is 2.62. The highest BCUT2D eigenvalue weighted by Gasteiger charge is 2.17. The molecule has 2 rings (SSSR count). The molecule has 2 aromatic carbocycles. The molecule has 0 radical (unpaired) electrons. The van der Waals surface area contributed by atoms with Crippen LogP contribution in [0, 0.1) is 11.6 Å². The van der Waals surface area contributed by atoms with Crippen molar-refractivity contribution in [2.75, 3.05) is 0 Å². The number of halogens is 3. The standard InChI is InChI=1S/C13H11ClF2N2/c14-9-3-1-2-8(6-9)13(18-17)11-7-10(15)4-5-12(11)16/h1-7,13,18H,17H2. The molecule has 0 amide bonds. The topological polar surface area (TPSA) is 38.0 Å². The molecule has 0 fully saturated rings. The van der Waals surface area contributed by atoms with Gasteiger partial charge in [0.05, 0.1) is 6.04 Å². The van der Waals surface area contributed by atoms with Crippen LogP contribution >= 0.6 is 11.6 Å². The van der Waals surface area contributed by atoms with Crippen molar-refractivity contribution in [1.29, 1.82) is 0 Å². The van der Waals surface area contributed by atoms with E-state index in [1.165, 1.54) is 0 Å².